The van der Waals surface area contributed by atoms with Crippen LogP contribution in [0.3, 0.4) is 0 Å². The lowest BCUT2D eigenvalue weighted by molar-refractivity contribution is 0.145. The first-order valence-corrected chi connectivity index (χ1v) is 7.36. The Kier molecular flexibility index (Phi) is 8.26. The molecule has 0 amide bonds. The van der Waals surface area contributed by atoms with E-state index in [1.807, 2.05) is 6.92 Å². The molecule has 108 valence electrons. The molecule has 1 aromatic carbocycles. The van der Waals surface area contributed by atoms with E-state index in [-0.39, 0.29) is 0 Å². The predicted molar refractivity (Wildman–Crippen MR) is 83.1 cm³/mol. The molecule has 0 bridgehead atoms. The van der Waals surface area contributed by atoms with Crippen molar-refractivity contribution in [3.63, 3.8) is 0 Å². The molecule has 0 aliphatic rings. The van der Waals surface area contributed by atoms with Crippen molar-refractivity contribution in [3.05, 3.63) is 29.8 Å². The molecule has 3 heteroatoms. The first-order valence-electron chi connectivity index (χ1n) is 7.36. The van der Waals surface area contributed by atoms with Gasteiger partial charge >= 0.3 is 0 Å². The SMILES string of the molecule is CCOCCCNCCN(C)c1ccc(CC)cc1. The predicted octanol–water partition coefficient (Wildman–Crippen LogP) is 2.70. The highest BCUT2D eigenvalue weighted by molar-refractivity contribution is 5.46. The van der Waals surface area contributed by atoms with Crippen molar-refractivity contribution >= 4 is 5.69 Å². The number of ether oxygens (including phenoxy) is 1. The zero-order valence-electron chi connectivity index (χ0n) is 12.6. The average molecular weight is 264 g/mol. The van der Waals surface area contributed by atoms with Crippen molar-refractivity contribution in [2.75, 3.05) is 44.8 Å². The number of benzene rings is 1. The van der Waals surface area contributed by atoms with Crippen LogP contribution in [0.4, 0.5) is 5.69 Å². The lowest BCUT2D eigenvalue weighted by Gasteiger charge is -2.19. The van der Waals surface area contributed by atoms with E-state index in [1.165, 1.54) is 11.3 Å². The molecule has 0 spiro atoms. The van der Waals surface area contributed by atoms with E-state index in [4.69, 9.17) is 4.74 Å². The third-order valence-electron chi connectivity index (χ3n) is 3.26. The van der Waals surface area contributed by atoms with E-state index in [2.05, 4.69) is 48.5 Å². The summed E-state index contributed by atoms with van der Waals surface area (Å²) in [4.78, 5) is 2.29. The van der Waals surface area contributed by atoms with Gasteiger partial charge < -0.3 is 15.0 Å². The van der Waals surface area contributed by atoms with Gasteiger partial charge in [0.2, 0.25) is 0 Å². The summed E-state index contributed by atoms with van der Waals surface area (Å²) in [6.07, 6.45) is 2.19. The van der Waals surface area contributed by atoms with Gasteiger partial charge in [0, 0.05) is 39.0 Å². The largest absolute Gasteiger partial charge is 0.382 e. The van der Waals surface area contributed by atoms with Gasteiger partial charge in [0.15, 0.2) is 0 Å². The van der Waals surface area contributed by atoms with Gasteiger partial charge in [0.1, 0.15) is 0 Å². The molecule has 19 heavy (non-hydrogen) atoms. The Morgan fingerprint density at radius 1 is 1.11 bits per heavy atom. The molecule has 1 rings (SSSR count). The molecule has 0 aromatic heterocycles. The Morgan fingerprint density at radius 3 is 2.47 bits per heavy atom. The zero-order valence-corrected chi connectivity index (χ0v) is 12.6. The van der Waals surface area contributed by atoms with Crippen LogP contribution in [0.1, 0.15) is 25.8 Å². The molecular weight excluding hydrogens is 236 g/mol. The molecule has 0 fully saturated rings. The van der Waals surface area contributed by atoms with Crippen LogP contribution in [0.15, 0.2) is 24.3 Å². The number of anilines is 1. The number of hydrogen-bond acceptors (Lipinski definition) is 3. The van der Waals surface area contributed by atoms with Gasteiger partial charge in [-0.15, -0.1) is 0 Å². The van der Waals surface area contributed by atoms with Gasteiger partial charge in [0.05, 0.1) is 0 Å². The van der Waals surface area contributed by atoms with Crippen molar-refractivity contribution < 1.29 is 4.74 Å². The van der Waals surface area contributed by atoms with Crippen LogP contribution >= 0.6 is 0 Å². The van der Waals surface area contributed by atoms with Crippen molar-refractivity contribution in [2.45, 2.75) is 26.7 Å². The van der Waals surface area contributed by atoms with Crippen molar-refractivity contribution in [1.29, 1.82) is 0 Å². The number of rotatable bonds is 10. The molecule has 0 aliphatic heterocycles. The quantitative estimate of drug-likeness (QED) is 0.658. The Hall–Kier alpha value is -1.06. The van der Waals surface area contributed by atoms with Gasteiger partial charge in [-0.2, -0.15) is 0 Å². The van der Waals surface area contributed by atoms with Crippen LogP contribution in [0, 0.1) is 0 Å². The third kappa shape index (κ3) is 6.60. The average Bonchev–Trinajstić information content (AvgIpc) is 2.46. The summed E-state index contributed by atoms with van der Waals surface area (Å²) < 4.78 is 5.30. The lowest BCUT2D eigenvalue weighted by Crippen LogP contribution is -2.30. The van der Waals surface area contributed by atoms with Gasteiger partial charge in [-0.3, -0.25) is 0 Å². The number of likely N-dealkylation sites (N-methyl/N-ethyl adjacent to an activating group) is 1. The van der Waals surface area contributed by atoms with Crippen LogP contribution in [0.25, 0.3) is 0 Å². The Bertz CT molecular complexity index is 324. The minimum absolute atomic E-state index is 0.816. The standard InChI is InChI=1S/C16H28N2O/c1-4-15-7-9-16(10-8-15)18(3)13-12-17-11-6-14-19-5-2/h7-10,17H,4-6,11-14H2,1-3H3. The van der Waals surface area contributed by atoms with Gasteiger partial charge in [-0.05, 0) is 44.0 Å². The first-order chi connectivity index (χ1) is 9.27. The summed E-state index contributed by atoms with van der Waals surface area (Å²) >= 11 is 0. The second kappa shape index (κ2) is 9.82. The van der Waals surface area contributed by atoms with E-state index >= 15 is 0 Å². The lowest BCUT2D eigenvalue weighted by atomic mass is 10.1. The highest BCUT2D eigenvalue weighted by Crippen LogP contribution is 2.13. The summed E-state index contributed by atoms with van der Waals surface area (Å²) in [5.41, 5.74) is 2.68. The maximum absolute atomic E-state index is 5.30. The maximum atomic E-state index is 5.30. The smallest absolute Gasteiger partial charge is 0.0477 e. The minimum Gasteiger partial charge on any atom is -0.382 e. The van der Waals surface area contributed by atoms with Crippen molar-refractivity contribution in [1.82, 2.24) is 5.32 Å². The van der Waals surface area contributed by atoms with Crippen LogP contribution in [-0.4, -0.2) is 39.9 Å². The summed E-state index contributed by atoms with van der Waals surface area (Å²) in [5, 5.41) is 3.45. The van der Waals surface area contributed by atoms with E-state index in [1.54, 1.807) is 0 Å². The highest BCUT2D eigenvalue weighted by Gasteiger charge is 2.00. The number of hydrogen-bond donors (Lipinski definition) is 1. The van der Waals surface area contributed by atoms with Crippen LogP contribution in [0.2, 0.25) is 0 Å². The Labute approximate surface area is 118 Å². The molecule has 1 N–H and O–H groups in total. The van der Waals surface area contributed by atoms with E-state index in [0.717, 1.165) is 45.7 Å². The minimum atomic E-state index is 0.816. The maximum Gasteiger partial charge on any atom is 0.0477 e. The highest BCUT2D eigenvalue weighted by atomic mass is 16.5. The number of nitrogens with zero attached hydrogens (tertiary/aromatic N) is 1. The molecule has 0 saturated carbocycles. The third-order valence-corrected chi connectivity index (χ3v) is 3.26. The van der Waals surface area contributed by atoms with Crippen molar-refractivity contribution in [3.8, 4) is 0 Å². The summed E-state index contributed by atoms with van der Waals surface area (Å²) in [7, 11) is 2.14. The van der Waals surface area contributed by atoms with Crippen molar-refractivity contribution in [2.24, 2.45) is 0 Å². The molecular formula is C16H28N2O. The Balaban J connectivity index is 2.14. The molecule has 0 unspecified atom stereocenters. The molecule has 0 aliphatic carbocycles. The van der Waals surface area contributed by atoms with E-state index in [9.17, 15) is 0 Å². The Morgan fingerprint density at radius 2 is 1.84 bits per heavy atom. The second-order valence-corrected chi connectivity index (χ2v) is 4.74. The van der Waals surface area contributed by atoms with Crippen LogP contribution < -0.4 is 10.2 Å². The fourth-order valence-corrected chi connectivity index (χ4v) is 1.93. The van der Waals surface area contributed by atoms with Gasteiger partial charge in [-0.25, -0.2) is 0 Å². The second-order valence-electron chi connectivity index (χ2n) is 4.74. The molecule has 0 heterocycles. The van der Waals surface area contributed by atoms with Crippen LogP contribution in [-0.2, 0) is 11.2 Å². The summed E-state index contributed by atoms with van der Waals surface area (Å²) in [6, 6.07) is 8.82. The topological polar surface area (TPSA) is 24.5 Å². The number of nitrogens with one attached hydrogen (secondary N) is 1. The summed E-state index contributed by atoms with van der Waals surface area (Å²) in [5.74, 6) is 0. The molecule has 3 nitrogen and oxygen atoms in total. The van der Waals surface area contributed by atoms with E-state index < -0.39 is 0 Å². The van der Waals surface area contributed by atoms with E-state index in [0.29, 0.717) is 0 Å². The molecule has 0 atom stereocenters. The normalized spacial score (nSPS) is 10.7. The van der Waals surface area contributed by atoms with Gasteiger partial charge in [-0.1, -0.05) is 19.1 Å². The number of aryl methyl sites for hydroxylation is 1. The summed E-state index contributed by atoms with van der Waals surface area (Å²) in [6.45, 7) is 8.96. The zero-order chi connectivity index (χ0) is 13.9. The monoisotopic (exact) mass is 264 g/mol. The molecule has 0 saturated heterocycles. The molecule has 1 aromatic rings. The van der Waals surface area contributed by atoms with Gasteiger partial charge in [0.25, 0.3) is 0 Å². The fourth-order valence-electron chi connectivity index (χ4n) is 1.93. The first kappa shape index (κ1) is 16.0. The fraction of sp³-hybridized carbons (Fsp3) is 0.625. The molecule has 0 radical (unpaired) electrons. The van der Waals surface area contributed by atoms with Crippen LogP contribution in [0.5, 0.6) is 0 Å².